The molecule has 0 amide bonds. The number of aryl methyl sites for hydroxylation is 1. The molecule has 5 heteroatoms. The first-order valence-corrected chi connectivity index (χ1v) is 17.2. The molecule has 0 unspecified atom stereocenters. The largest absolute Gasteiger partial charge is 0.347 e. The van der Waals surface area contributed by atoms with E-state index in [1.165, 1.54) is 90.5 Å². The van der Waals surface area contributed by atoms with Crippen LogP contribution >= 0.6 is 11.3 Å². The second-order valence-corrected chi connectivity index (χ2v) is 15.3. The number of benzene rings is 2. The minimum absolute atomic E-state index is 0.00679. The van der Waals surface area contributed by atoms with Gasteiger partial charge in [0.2, 0.25) is 5.52 Å². The normalized spacial score (nSPS) is 16.4. The number of unbranched alkanes of at least 4 members (excludes halogenated alkanes) is 2. The Morgan fingerprint density at radius 3 is 2.21 bits per heavy atom. The van der Waals surface area contributed by atoms with Gasteiger partial charge >= 0.3 is 0 Å². The first-order chi connectivity index (χ1) is 20.5. The third kappa shape index (κ3) is 8.47. The van der Waals surface area contributed by atoms with Gasteiger partial charge in [0.05, 0.1) is 54.4 Å². The maximum atomic E-state index is 2.53. The zero-order valence-corrected chi connectivity index (χ0v) is 29.1. The van der Waals surface area contributed by atoms with Gasteiger partial charge in [0.1, 0.15) is 4.70 Å². The van der Waals surface area contributed by atoms with Crippen LogP contribution in [-0.2, 0) is 12.0 Å². The summed E-state index contributed by atoms with van der Waals surface area (Å²) < 4.78 is 6.18. The highest BCUT2D eigenvalue weighted by molar-refractivity contribution is 7.18. The van der Waals surface area contributed by atoms with Crippen LogP contribution in [-0.4, -0.2) is 70.4 Å². The van der Waals surface area contributed by atoms with E-state index in [0.717, 1.165) is 15.5 Å². The number of aromatic nitrogens is 1. The van der Waals surface area contributed by atoms with Crippen molar-refractivity contribution in [1.82, 2.24) is 0 Å². The Hall–Kier alpha value is -2.73. The fourth-order valence-corrected chi connectivity index (χ4v) is 7.90. The maximum Gasteiger partial charge on any atom is 0.262 e. The number of hydrogen-bond acceptors (Lipinski definition) is 2. The summed E-state index contributed by atoms with van der Waals surface area (Å²) in [5, 5.41) is 1.33. The van der Waals surface area contributed by atoms with Gasteiger partial charge in [-0.2, -0.15) is 4.57 Å². The molecule has 4 rings (SSSR count). The van der Waals surface area contributed by atoms with Crippen molar-refractivity contribution in [2.24, 2.45) is 0 Å². The molecule has 2 heterocycles. The lowest BCUT2D eigenvalue weighted by molar-refractivity contribution is -0.909. The standard InChI is InChI=1S/C38H57N4S/c1-9-28-41(5,6)30-20-31-42(7,8)29-19-11-18-27-40-34-23-16-17-24-35(34)43-37(40)26-13-10-12-25-36-38(2,3)32-21-14-15-22-33(32)39(36)4/h10,12-17,21-26H,9,11,18-20,27-31H2,1-8H3/q+3. The lowest BCUT2D eigenvalue weighted by Gasteiger charge is -2.33. The molecule has 1 aromatic heterocycles. The number of anilines is 1. The number of fused-ring (bicyclic) bond motifs is 2. The molecule has 0 bridgehead atoms. The van der Waals surface area contributed by atoms with Crippen LogP contribution in [0, 0.1) is 0 Å². The number of para-hydroxylation sites is 2. The SMILES string of the molecule is CCC[N+](C)(C)CCC[N+](C)(C)CCCCC[n+]1c(C=CC=CC=C2N(C)c3ccccc3C2(C)C)sc2ccccc21. The molecule has 232 valence electrons. The number of likely N-dealkylation sites (N-methyl/N-ethyl adjacent to an activating group) is 1. The van der Waals surface area contributed by atoms with Gasteiger partial charge < -0.3 is 13.9 Å². The summed E-state index contributed by atoms with van der Waals surface area (Å²) in [7, 11) is 11.8. The van der Waals surface area contributed by atoms with E-state index in [1.807, 2.05) is 11.3 Å². The third-order valence-electron chi connectivity index (χ3n) is 9.29. The van der Waals surface area contributed by atoms with Gasteiger partial charge in [-0.05, 0) is 43.0 Å². The molecule has 3 aromatic rings. The molecule has 0 fully saturated rings. The number of rotatable bonds is 15. The lowest BCUT2D eigenvalue weighted by Crippen LogP contribution is -2.46. The van der Waals surface area contributed by atoms with E-state index in [-0.39, 0.29) is 5.41 Å². The maximum absolute atomic E-state index is 2.53. The van der Waals surface area contributed by atoms with Crippen LogP contribution < -0.4 is 9.47 Å². The van der Waals surface area contributed by atoms with Crippen LogP contribution in [0.15, 0.2) is 78.5 Å². The molecular weight excluding hydrogens is 545 g/mol. The average Bonchev–Trinajstić information content (AvgIpc) is 3.39. The van der Waals surface area contributed by atoms with Crippen molar-refractivity contribution in [3.8, 4) is 0 Å². The summed E-state index contributed by atoms with van der Waals surface area (Å²) in [5.41, 5.74) is 5.40. The molecule has 1 aliphatic rings. The highest BCUT2D eigenvalue weighted by Crippen LogP contribution is 2.46. The summed E-state index contributed by atoms with van der Waals surface area (Å²) in [6.45, 7) is 13.1. The molecule has 2 aromatic carbocycles. The number of hydrogen-bond donors (Lipinski definition) is 0. The molecule has 0 atom stereocenters. The van der Waals surface area contributed by atoms with Gasteiger partial charge in [-0.15, -0.1) is 0 Å². The second-order valence-electron chi connectivity index (χ2n) is 14.2. The Kier molecular flexibility index (Phi) is 11.1. The molecule has 43 heavy (non-hydrogen) atoms. The Labute approximate surface area is 266 Å². The van der Waals surface area contributed by atoms with Gasteiger partial charge in [0.15, 0.2) is 6.54 Å². The summed E-state index contributed by atoms with van der Waals surface area (Å²) in [6.07, 6.45) is 17.5. The quantitative estimate of drug-likeness (QED) is 0.0737. The topological polar surface area (TPSA) is 7.12 Å². The van der Waals surface area contributed by atoms with Crippen molar-refractivity contribution in [1.29, 1.82) is 0 Å². The minimum atomic E-state index is 0.00679. The number of allylic oxidation sites excluding steroid dienone is 5. The van der Waals surface area contributed by atoms with Crippen LogP contribution in [0.1, 0.15) is 63.4 Å². The Bertz CT molecular complexity index is 1440. The molecule has 0 radical (unpaired) electrons. The second kappa shape index (κ2) is 14.4. The van der Waals surface area contributed by atoms with Gasteiger partial charge in [0.25, 0.3) is 5.01 Å². The zero-order valence-electron chi connectivity index (χ0n) is 28.3. The highest BCUT2D eigenvalue weighted by atomic mass is 32.1. The van der Waals surface area contributed by atoms with Crippen molar-refractivity contribution in [3.63, 3.8) is 0 Å². The van der Waals surface area contributed by atoms with E-state index in [2.05, 4.69) is 144 Å². The van der Waals surface area contributed by atoms with E-state index < -0.39 is 0 Å². The predicted octanol–water partition coefficient (Wildman–Crippen LogP) is 8.19. The first kappa shape index (κ1) is 33.2. The average molecular weight is 602 g/mol. The van der Waals surface area contributed by atoms with Gasteiger partial charge in [-0.25, -0.2) is 0 Å². The van der Waals surface area contributed by atoms with Crippen molar-refractivity contribution in [3.05, 3.63) is 89.1 Å². The minimum Gasteiger partial charge on any atom is -0.347 e. The number of quaternary nitrogens is 2. The van der Waals surface area contributed by atoms with Crippen LogP contribution in [0.3, 0.4) is 0 Å². The molecular formula is C38H57N4S+3. The highest BCUT2D eigenvalue weighted by Gasteiger charge is 2.37. The summed E-state index contributed by atoms with van der Waals surface area (Å²) >= 11 is 1.90. The van der Waals surface area contributed by atoms with E-state index in [0.29, 0.717) is 0 Å². The van der Waals surface area contributed by atoms with Gasteiger partial charge in [-0.1, -0.05) is 80.7 Å². The fourth-order valence-electron chi connectivity index (χ4n) is 6.80. The summed E-state index contributed by atoms with van der Waals surface area (Å²) in [6, 6.07) is 17.6. The third-order valence-corrected chi connectivity index (χ3v) is 10.4. The van der Waals surface area contributed by atoms with Crippen LogP contribution in [0.25, 0.3) is 16.3 Å². The molecule has 0 saturated carbocycles. The molecule has 4 nitrogen and oxygen atoms in total. The van der Waals surface area contributed by atoms with Crippen molar-refractivity contribution in [2.75, 3.05) is 66.3 Å². The van der Waals surface area contributed by atoms with Crippen molar-refractivity contribution < 1.29 is 13.5 Å². The molecule has 0 spiro atoms. The van der Waals surface area contributed by atoms with Crippen molar-refractivity contribution >= 4 is 33.3 Å². The van der Waals surface area contributed by atoms with E-state index in [4.69, 9.17) is 0 Å². The van der Waals surface area contributed by atoms with E-state index in [1.54, 1.807) is 0 Å². The van der Waals surface area contributed by atoms with Gasteiger partial charge in [0, 0.05) is 48.8 Å². The summed E-state index contributed by atoms with van der Waals surface area (Å²) in [4.78, 5) is 2.33. The molecule has 0 N–H and O–H groups in total. The monoisotopic (exact) mass is 601 g/mol. The summed E-state index contributed by atoms with van der Waals surface area (Å²) in [5.74, 6) is 0. The first-order valence-electron chi connectivity index (χ1n) is 16.4. The smallest absolute Gasteiger partial charge is 0.262 e. The van der Waals surface area contributed by atoms with E-state index in [9.17, 15) is 0 Å². The Morgan fingerprint density at radius 1 is 0.791 bits per heavy atom. The lowest BCUT2D eigenvalue weighted by atomic mass is 9.84. The molecule has 0 saturated heterocycles. The zero-order chi connectivity index (χ0) is 31.1. The Morgan fingerprint density at radius 2 is 1.47 bits per heavy atom. The fraction of sp³-hybridized carbons (Fsp3) is 0.500. The molecule has 1 aliphatic heterocycles. The van der Waals surface area contributed by atoms with Crippen molar-refractivity contribution in [2.45, 2.75) is 64.8 Å². The number of thiazole rings is 1. The predicted molar refractivity (Wildman–Crippen MR) is 189 cm³/mol. The van der Waals surface area contributed by atoms with Gasteiger partial charge in [-0.3, -0.25) is 0 Å². The van der Waals surface area contributed by atoms with Crippen LogP contribution in [0.2, 0.25) is 0 Å². The number of nitrogens with zero attached hydrogens (tertiary/aromatic N) is 4. The molecule has 0 aliphatic carbocycles. The van der Waals surface area contributed by atoms with Crippen LogP contribution in [0.4, 0.5) is 5.69 Å². The van der Waals surface area contributed by atoms with E-state index >= 15 is 0 Å². The van der Waals surface area contributed by atoms with Crippen LogP contribution in [0.5, 0.6) is 0 Å². The Balaban J connectivity index is 1.33.